The normalized spacial score (nSPS) is 20.4. The number of thioether (sulfide) groups is 1. The van der Waals surface area contributed by atoms with Crippen LogP contribution in [0.25, 0.3) is 0 Å². The zero-order valence-electron chi connectivity index (χ0n) is 21.8. The Bertz CT molecular complexity index is 1150. The number of piperidine rings is 1. The lowest BCUT2D eigenvalue weighted by molar-refractivity contribution is -0.122. The van der Waals surface area contributed by atoms with Crippen LogP contribution in [0.2, 0.25) is 0 Å². The number of nitrogens with zero attached hydrogens (tertiary/aromatic N) is 2. The van der Waals surface area contributed by atoms with E-state index in [0.717, 1.165) is 61.3 Å². The zero-order chi connectivity index (χ0) is 27.0. The lowest BCUT2D eigenvalue weighted by Gasteiger charge is -2.34. The number of amides is 1. The van der Waals surface area contributed by atoms with Gasteiger partial charge in [-0.1, -0.05) is 30.3 Å². The van der Waals surface area contributed by atoms with Crippen LogP contribution in [-0.4, -0.2) is 59.9 Å². The molecule has 0 bridgehead atoms. The molecule has 0 radical (unpaired) electrons. The van der Waals surface area contributed by atoms with E-state index < -0.39 is 0 Å². The molecule has 1 amide bonds. The monoisotopic (exact) mass is 552 g/mol. The van der Waals surface area contributed by atoms with E-state index in [1.54, 1.807) is 42.2 Å². The number of halogens is 2. The van der Waals surface area contributed by atoms with Crippen LogP contribution in [0.1, 0.15) is 47.4 Å². The highest BCUT2D eigenvalue weighted by atomic mass is 32.2. The second-order valence-corrected chi connectivity index (χ2v) is 11.2. The molecule has 2 aliphatic rings. The second-order valence-electron chi connectivity index (χ2n) is 10.0. The van der Waals surface area contributed by atoms with Crippen molar-refractivity contribution in [3.8, 4) is 0 Å². The van der Waals surface area contributed by atoms with Crippen molar-refractivity contribution in [3.05, 3.63) is 101 Å². The fourth-order valence-corrected chi connectivity index (χ4v) is 6.29. The molecule has 2 atom stereocenters. The Kier molecular flexibility index (Phi) is 9.58. The Morgan fingerprint density at radius 1 is 1.05 bits per heavy atom. The van der Waals surface area contributed by atoms with E-state index in [-0.39, 0.29) is 41.2 Å². The Morgan fingerprint density at radius 3 is 2.33 bits per heavy atom. The molecule has 6 nitrogen and oxygen atoms in total. The highest BCUT2D eigenvalue weighted by molar-refractivity contribution is 7.99. The van der Waals surface area contributed by atoms with Gasteiger partial charge >= 0.3 is 0 Å². The third-order valence-corrected chi connectivity index (χ3v) is 8.51. The molecule has 2 saturated heterocycles. The first-order valence-corrected chi connectivity index (χ1v) is 14.5. The average Bonchev–Trinajstić information content (AvgIpc) is 3.47. The number of ether oxygens (including phenoxy) is 1. The maximum absolute atomic E-state index is 13.5. The van der Waals surface area contributed by atoms with E-state index in [1.165, 1.54) is 24.3 Å². The van der Waals surface area contributed by atoms with Crippen LogP contribution in [0, 0.1) is 11.6 Å². The van der Waals surface area contributed by atoms with Crippen molar-refractivity contribution in [1.82, 2.24) is 20.5 Å². The minimum absolute atomic E-state index is 0.0497. The van der Waals surface area contributed by atoms with Crippen LogP contribution in [0.3, 0.4) is 0 Å². The Hall–Kier alpha value is -2.85. The van der Waals surface area contributed by atoms with Gasteiger partial charge in [0.25, 0.3) is 0 Å². The standard InChI is InChI=1S/C30H34F2N4O2S/c31-24-8-4-21(5-9-24)28(22-6-10-25(32)11-7-22)38-26-12-17-36(18-13-26)16-2-15-34-29(37)27-20-39-30(35-27)23-3-1-14-33-19-23/h1,3-11,14,19,26-28,30,35H,2,12-13,15-18,20H2,(H,34,37). The summed E-state index contributed by atoms with van der Waals surface area (Å²) in [5.41, 5.74) is 2.79. The first-order valence-electron chi connectivity index (χ1n) is 13.5. The van der Waals surface area contributed by atoms with Crippen LogP contribution >= 0.6 is 11.8 Å². The summed E-state index contributed by atoms with van der Waals surface area (Å²) < 4.78 is 33.5. The number of carbonyl (C=O) groups excluding carboxylic acids is 1. The number of pyridine rings is 1. The second kappa shape index (κ2) is 13.5. The fraction of sp³-hybridized carbons (Fsp3) is 0.400. The van der Waals surface area contributed by atoms with Gasteiger partial charge in [0.1, 0.15) is 17.7 Å². The molecule has 39 heavy (non-hydrogen) atoms. The molecular formula is C30H34F2N4O2S. The van der Waals surface area contributed by atoms with Crippen LogP contribution in [0.15, 0.2) is 73.1 Å². The number of likely N-dealkylation sites (tertiary alicyclic amines) is 1. The average molecular weight is 553 g/mol. The Labute approximate surface area is 232 Å². The van der Waals surface area contributed by atoms with E-state index >= 15 is 0 Å². The van der Waals surface area contributed by atoms with Crippen LogP contribution < -0.4 is 10.6 Å². The Balaban J connectivity index is 1.04. The summed E-state index contributed by atoms with van der Waals surface area (Å²) in [6.07, 6.45) is 5.91. The van der Waals surface area contributed by atoms with E-state index in [2.05, 4.69) is 20.5 Å². The number of carbonyl (C=O) groups is 1. The summed E-state index contributed by atoms with van der Waals surface area (Å²) in [6, 6.07) is 16.4. The van der Waals surface area contributed by atoms with Gasteiger partial charge in [-0.25, -0.2) is 8.78 Å². The maximum atomic E-state index is 13.5. The first kappa shape index (κ1) is 27.7. The number of hydrogen-bond donors (Lipinski definition) is 2. The molecule has 9 heteroatoms. The predicted octanol–water partition coefficient (Wildman–Crippen LogP) is 4.84. The van der Waals surface area contributed by atoms with Crippen molar-refractivity contribution in [2.75, 3.05) is 31.9 Å². The molecule has 0 spiro atoms. The molecule has 1 aromatic heterocycles. The number of nitrogens with one attached hydrogen (secondary N) is 2. The van der Waals surface area contributed by atoms with Gasteiger partial charge in [0, 0.05) is 37.8 Å². The van der Waals surface area contributed by atoms with E-state index in [0.29, 0.717) is 6.54 Å². The summed E-state index contributed by atoms with van der Waals surface area (Å²) in [5.74, 6) is 0.200. The lowest BCUT2D eigenvalue weighted by atomic mass is 10.00. The molecule has 2 aliphatic heterocycles. The van der Waals surface area contributed by atoms with Crippen LogP contribution in [0.5, 0.6) is 0 Å². The van der Waals surface area contributed by atoms with Gasteiger partial charge in [-0.05, 0) is 72.8 Å². The third kappa shape index (κ3) is 7.63. The highest BCUT2D eigenvalue weighted by Gasteiger charge is 2.30. The quantitative estimate of drug-likeness (QED) is 0.351. The predicted molar refractivity (Wildman–Crippen MR) is 149 cm³/mol. The van der Waals surface area contributed by atoms with Crippen molar-refractivity contribution in [3.63, 3.8) is 0 Å². The molecule has 2 fully saturated rings. The zero-order valence-corrected chi connectivity index (χ0v) is 22.6. The molecule has 0 aliphatic carbocycles. The lowest BCUT2D eigenvalue weighted by Crippen LogP contribution is -2.44. The largest absolute Gasteiger partial charge is 0.365 e. The summed E-state index contributed by atoms with van der Waals surface area (Å²) in [4.78, 5) is 19.2. The number of hydrogen-bond acceptors (Lipinski definition) is 6. The van der Waals surface area contributed by atoms with Gasteiger partial charge in [-0.15, -0.1) is 11.8 Å². The minimum Gasteiger partial charge on any atom is -0.365 e. The molecule has 2 N–H and O–H groups in total. The van der Waals surface area contributed by atoms with Crippen molar-refractivity contribution < 1.29 is 18.3 Å². The van der Waals surface area contributed by atoms with Gasteiger partial charge in [-0.2, -0.15) is 0 Å². The molecule has 2 unspecified atom stereocenters. The van der Waals surface area contributed by atoms with Gasteiger partial charge in [0.2, 0.25) is 5.91 Å². The summed E-state index contributed by atoms with van der Waals surface area (Å²) in [5, 5.41) is 6.58. The van der Waals surface area contributed by atoms with E-state index in [9.17, 15) is 13.6 Å². The van der Waals surface area contributed by atoms with Crippen LogP contribution in [-0.2, 0) is 9.53 Å². The smallest absolute Gasteiger partial charge is 0.238 e. The first-order chi connectivity index (χ1) is 19.0. The molecule has 0 saturated carbocycles. The number of rotatable bonds is 10. The van der Waals surface area contributed by atoms with Crippen molar-refractivity contribution >= 4 is 17.7 Å². The molecule has 3 heterocycles. The summed E-state index contributed by atoms with van der Waals surface area (Å²) >= 11 is 1.73. The van der Waals surface area contributed by atoms with Crippen molar-refractivity contribution in [2.24, 2.45) is 0 Å². The molecule has 206 valence electrons. The molecule has 3 aromatic rings. The maximum Gasteiger partial charge on any atom is 0.238 e. The third-order valence-electron chi connectivity index (χ3n) is 7.24. The van der Waals surface area contributed by atoms with Gasteiger partial charge in [-0.3, -0.25) is 15.1 Å². The fourth-order valence-electron chi connectivity index (χ4n) is 5.07. The number of aromatic nitrogens is 1. The topological polar surface area (TPSA) is 66.5 Å². The van der Waals surface area contributed by atoms with Gasteiger partial charge in [0.15, 0.2) is 0 Å². The number of benzene rings is 2. The van der Waals surface area contributed by atoms with Gasteiger partial charge in [0.05, 0.1) is 17.5 Å². The SMILES string of the molecule is O=C(NCCCN1CCC(OC(c2ccc(F)cc2)c2ccc(F)cc2)CC1)C1CSC(c2cccnc2)N1. The van der Waals surface area contributed by atoms with E-state index in [4.69, 9.17) is 4.74 Å². The van der Waals surface area contributed by atoms with Crippen molar-refractivity contribution in [1.29, 1.82) is 0 Å². The van der Waals surface area contributed by atoms with Crippen LogP contribution in [0.4, 0.5) is 8.78 Å². The van der Waals surface area contributed by atoms with E-state index in [1.807, 2.05) is 18.3 Å². The summed E-state index contributed by atoms with van der Waals surface area (Å²) in [6.45, 7) is 3.38. The Morgan fingerprint density at radius 2 is 1.72 bits per heavy atom. The minimum atomic E-state index is -0.377. The van der Waals surface area contributed by atoms with Gasteiger partial charge < -0.3 is 15.0 Å². The molecule has 5 rings (SSSR count). The molecule has 2 aromatic carbocycles. The van der Waals surface area contributed by atoms with Crippen molar-refractivity contribution in [2.45, 2.75) is 42.9 Å². The summed E-state index contributed by atoms with van der Waals surface area (Å²) in [7, 11) is 0. The molecular weight excluding hydrogens is 518 g/mol. The highest BCUT2D eigenvalue weighted by Crippen LogP contribution is 2.32.